The Morgan fingerprint density at radius 2 is 2.00 bits per heavy atom. The van der Waals surface area contributed by atoms with Crippen molar-refractivity contribution in [2.45, 2.75) is 13.5 Å². The molecule has 0 unspecified atom stereocenters. The Bertz CT molecular complexity index is 850. The monoisotopic (exact) mass is 355 g/mol. The fourth-order valence-corrected chi connectivity index (χ4v) is 2.97. The van der Waals surface area contributed by atoms with Gasteiger partial charge in [-0.25, -0.2) is 4.98 Å². The highest BCUT2D eigenvalue weighted by Gasteiger charge is 2.12. The summed E-state index contributed by atoms with van der Waals surface area (Å²) in [5.41, 5.74) is 3.50. The molecule has 6 nitrogen and oxygen atoms in total. The second-order valence-corrected chi connectivity index (χ2v) is 6.98. The smallest absolute Gasteiger partial charge is 0.277 e. The van der Waals surface area contributed by atoms with E-state index >= 15 is 0 Å². The summed E-state index contributed by atoms with van der Waals surface area (Å²) in [6.07, 6.45) is 1.82. The highest BCUT2D eigenvalue weighted by atomic mass is 32.1. The fourth-order valence-electron chi connectivity index (χ4n) is 2.26. The summed E-state index contributed by atoms with van der Waals surface area (Å²) >= 11 is 1.41. The number of aryl methyl sites for hydroxylation is 1. The number of hydrogen-bond acceptors (Lipinski definition) is 5. The van der Waals surface area contributed by atoms with Crippen LogP contribution in [0.15, 0.2) is 41.9 Å². The van der Waals surface area contributed by atoms with Crippen molar-refractivity contribution in [3.8, 4) is 11.3 Å². The highest BCUT2D eigenvalue weighted by molar-refractivity contribution is 7.14. The highest BCUT2D eigenvalue weighted by Crippen LogP contribution is 2.25. The van der Waals surface area contributed by atoms with Gasteiger partial charge in [0.15, 0.2) is 10.8 Å². The number of nitrogens with one attached hydrogen (secondary N) is 1. The molecule has 2 aromatic heterocycles. The van der Waals surface area contributed by atoms with Crippen molar-refractivity contribution in [3.05, 3.63) is 53.2 Å². The van der Waals surface area contributed by atoms with Gasteiger partial charge in [-0.15, -0.1) is 11.3 Å². The van der Waals surface area contributed by atoms with Gasteiger partial charge in [-0.05, 0) is 27.1 Å². The number of amides is 1. The van der Waals surface area contributed by atoms with Gasteiger partial charge in [0.2, 0.25) is 0 Å². The van der Waals surface area contributed by atoms with Crippen LogP contribution in [0, 0.1) is 6.92 Å². The maximum Gasteiger partial charge on any atom is 0.277 e. The van der Waals surface area contributed by atoms with E-state index in [-0.39, 0.29) is 5.91 Å². The van der Waals surface area contributed by atoms with Crippen LogP contribution in [0.2, 0.25) is 0 Å². The van der Waals surface area contributed by atoms with Crippen molar-refractivity contribution in [1.82, 2.24) is 19.7 Å². The van der Waals surface area contributed by atoms with Gasteiger partial charge in [0.25, 0.3) is 5.91 Å². The summed E-state index contributed by atoms with van der Waals surface area (Å²) < 4.78 is 1.77. The number of rotatable bonds is 6. The van der Waals surface area contributed by atoms with Gasteiger partial charge >= 0.3 is 0 Å². The third kappa shape index (κ3) is 4.52. The van der Waals surface area contributed by atoms with Gasteiger partial charge in [0.1, 0.15) is 0 Å². The number of anilines is 1. The second kappa shape index (κ2) is 7.58. The molecule has 2 heterocycles. The molecule has 1 amide bonds. The van der Waals surface area contributed by atoms with Crippen LogP contribution in [-0.2, 0) is 6.54 Å². The summed E-state index contributed by atoms with van der Waals surface area (Å²) in [6, 6.07) is 9.88. The minimum atomic E-state index is -0.242. The van der Waals surface area contributed by atoms with Gasteiger partial charge in [-0.3, -0.25) is 14.8 Å². The van der Waals surface area contributed by atoms with Gasteiger partial charge in [-0.2, -0.15) is 5.10 Å². The van der Waals surface area contributed by atoms with Crippen LogP contribution < -0.4 is 5.32 Å². The lowest BCUT2D eigenvalue weighted by atomic mass is 10.1. The molecule has 3 rings (SSSR count). The molecular weight excluding hydrogens is 334 g/mol. The first-order chi connectivity index (χ1) is 12.0. The molecule has 25 heavy (non-hydrogen) atoms. The molecule has 3 aromatic rings. The number of thiazole rings is 1. The van der Waals surface area contributed by atoms with E-state index in [1.165, 1.54) is 16.9 Å². The van der Waals surface area contributed by atoms with E-state index in [0.29, 0.717) is 10.8 Å². The molecule has 1 aromatic carbocycles. The van der Waals surface area contributed by atoms with Gasteiger partial charge < -0.3 is 4.90 Å². The van der Waals surface area contributed by atoms with Crippen LogP contribution in [0.1, 0.15) is 16.1 Å². The van der Waals surface area contributed by atoms with E-state index in [9.17, 15) is 4.79 Å². The zero-order valence-corrected chi connectivity index (χ0v) is 15.4. The predicted molar refractivity (Wildman–Crippen MR) is 101 cm³/mol. The average molecular weight is 355 g/mol. The lowest BCUT2D eigenvalue weighted by Crippen LogP contribution is -2.19. The van der Waals surface area contributed by atoms with Crippen molar-refractivity contribution < 1.29 is 4.79 Å². The normalized spacial score (nSPS) is 11.0. The SMILES string of the molecule is Cc1ccc(-c2csc(NC(=O)c3ccn(CCN(C)C)n3)n2)cc1. The Kier molecular flexibility index (Phi) is 5.25. The van der Waals surface area contributed by atoms with Crippen molar-refractivity contribution in [2.75, 3.05) is 26.0 Å². The molecule has 0 atom stereocenters. The molecular formula is C18H21N5OS. The van der Waals surface area contributed by atoms with Crippen LogP contribution in [-0.4, -0.2) is 46.2 Å². The third-order valence-corrected chi connectivity index (χ3v) is 4.48. The molecule has 0 bridgehead atoms. The molecule has 0 aliphatic rings. The maximum atomic E-state index is 12.3. The number of aromatic nitrogens is 3. The third-order valence-electron chi connectivity index (χ3n) is 3.72. The summed E-state index contributed by atoms with van der Waals surface area (Å²) in [7, 11) is 4.01. The van der Waals surface area contributed by atoms with E-state index in [4.69, 9.17) is 0 Å². The largest absolute Gasteiger partial charge is 0.308 e. The number of likely N-dealkylation sites (N-methyl/N-ethyl adjacent to an activating group) is 1. The zero-order chi connectivity index (χ0) is 17.8. The number of carbonyl (C=O) groups excluding carboxylic acids is 1. The Labute approximate surface area is 151 Å². The van der Waals surface area contributed by atoms with Crippen molar-refractivity contribution in [2.24, 2.45) is 0 Å². The predicted octanol–water partition coefficient (Wildman–Crippen LogP) is 3.13. The molecule has 0 fully saturated rings. The van der Waals surface area contributed by atoms with Gasteiger partial charge in [0, 0.05) is 23.7 Å². The lowest BCUT2D eigenvalue weighted by Gasteiger charge is -2.08. The minimum Gasteiger partial charge on any atom is -0.308 e. The first-order valence-electron chi connectivity index (χ1n) is 8.03. The number of benzene rings is 1. The summed E-state index contributed by atoms with van der Waals surface area (Å²) in [6.45, 7) is 3.67. The van der Waals surface area contributed by atoms with Crippen LogP contribution >= 0.6 is 11.3 Å². The fraction of sp³-hybridized carbons (Fsp3) is 0.278. The Balaban J connectivity index is 1.64. The summed E-state index contributed by atoms with van der Waals surface area (Å²) in [5.74, 6) is -0.242. The lowest BCUT2D eigenvalue weighted by molar-refractivity contribution is 0.102. The van der Waals surface area contributed by atoms with E-state index < -0.39 is 0 Å². The van der Waals surface area contributed by atoms with E-state index in [1.807, 2.05) is 56.9 Å². The first kappa shape index (κ1) is 17.3. The second-order valence-electron chi connectivity index (χ2n) is 6.13. The Morgan fingerprint density at radius 1 is 1.24 bits per heavy atom. The van der Waals surface area contributed by atoms with Gasteiger partial charge in [0.05, 0.1) is 12.2 Å². The Hall–Kier alpha value is -2.51. The minimum absolute atomic E-state index is 0.242. The van der Waals surface area contributed by atoms with Crippen LogP contribution in [0.5, 0.6) is 0 Å². The summed E-state index contributed by atoms with van der Waals surface area (Å²) in [4.78, 5) is 18.9. The number of hydrogen-bond donors (Lipinski definition) is 1. The van der Waals surface area contributed by atoms with Crippen molar-refractivity contribution in [3.63, 3.8) is 0 Å². The van der Waals surface area contributed by atoms with E-state index in [1.54, 1.807) is 10.7 Å². The number of carbonyl (C=O) groups is 1. The molecule has 7 heteroatoms. The van der Waals surface area contributed by atoms with Crippen molar-refractivity contribution in [1.29, 1.82) is 0 Å². The van der Waals surface area contributed by atoms with Gasteiger partial charge in [-0.1, -0.05) is 29.8 Å². The zero-order valence-electron chi connectivity index (χ0n) is 14.6. The van der Waals surface area contributed by atoms with E-state index in [2.05, 4.69) is 20.3 Å². The summed E-state index contributed by atoms with van der Waals surface area (Å²) in [5, 5.41) is 9.64. The van der Waals surface area contributed by atoms with Crippen LogP contribution in [0.4, 0.5) is 5.13 Å². The topological polar surface area (TPSA) is 63.1 Å². The quantitative estimate of drug-likeness (QED) is 0.738. The van der Waals surface area contributed by atoms with Crippen molar-refractivity contribution >= 4 is 22.4 Å². The molecule has 0 aliphatic carbocycles. The molecule has 0 saturated carbocycles. The maximum absolute atomic E-state index is 12.3. The molecule has 0 aliphatic heterocycles. The standard InChI is InChI=1S/C18H21N5OS/c1-13-4-6-14(7-5-13)16-12-25-18(19-16)20-17(24)15-8-9-23(21-15)11-10-22(2)3/h4-9,12H,10-11H2,1-3H3,(H,19,20,24). The number of nitrogens with zero attached hydrogens (tertiary/aromatic N) is 4. The Morgan fingerprint density at radius 3 is 2.72 bits per heavy atom. The molecule has 0 saturated heterocycles. The molecule has 0 spiro atoms. The molecule has 1 N–H and O–H groups in total. The van der Waals surface area contributed by atoms with Crippen LogP contribution in [0.3, 0.4) is 0 Å². The molecule has 0 radical (unpaired) electrons. The van der Waals surface area contributed by atoms with E-state index in [0.717, 1.165) is 24.3 Å². The average Bonchev–Trinajstić information content (AvgIpc) is 3.23. The molecule has 130 valence electrons. The first-order valence-corrected chi connectivity index (χ1v) is 8.91. The van der Waals surface area contributed by atoms with Crippen LogP contribution in [0.25, 0.3) is 11.3 Å².